The molecule has 0 saturated heterocycles. The van der Waals surface area contributed by atoms with Crippen LogP contribution >= 0.6 is 0 Å². The van der Waals surface area contributed by atoms with Gasteiger partial charge in [-0.25, -0.2) is 4.79 Å². The van der Waals surface area contributed by atoms with E-state index in [1.54, 1.807) is 18.9 Å². The van der Waals surface area contributed by atoms with E-state index in [-0.39, 0.29) is 18.2 Å². The Morgan fingerprint density at radius 3 is 2.50 bits per heavy atom. The van der Waals surface area contributed by atoms with Crippen molar-refractivity contribution in [1.29, 1.82) is 0 Å². The van der Waals surface area contributed by atoms with Crippen molar-refractivity contribution in [2.24, 2.45) is 0 Å². The first-order chi connectivity index (χ1) is 10.6. The number of hydrogen-bond donors (Lipinski definition) is 2. The Balaban J connectivity index is 1.74. The number of nitrogens with one attached hydrogen (secondary N) is 1. The van der Waals surface area contributed by atoms with E-state index >= 15 is 0 Å². The standard InChI is InChI=1S/C18H28N2O2/c1-14(21)12-13-20(2)18(22)19-17-10-8-16(9-11-17)15-6-4-3-5-7-15/h3-7,14,16-17,21H,8-13H2,1-2H3,(H,19,22)/t14-,16?,17?/m0/s1. The maximum atomic E-state index is 12.1. The van der Waals surface area contributed by atoms with Crippen LogP contribution in [0.1, 0.15) is 50.5 Å². The summed E-state index contributed by atoms with van der Waals surface area (Å²) in [6, 6.07) is 10.9. The molecule has 0 spiro atoms. The summed E-state index contributed by atoms with van der Waals surface area (Å²) in [5.74, 6) is 0.627. The smallest absolute Gasteiger partial charge is 0.317 e. The largest absolute Gasteiger partial charge is 0.393 e. The fourth-order valence-corrected chi connectivity index (χ4v) is 3.06. The van der Waals surface area contributed by atoms with Crippen molar-refractivity contribution < 1.29 is 9.90 Å². The van der Waals surface area contributed by atoms with Crippen LogP contribution in [0.25, 0.3) is 0 Å². The number of rotatable bonds is 5. The molecule has 2 N–H and O–H groups in total. The second kappa shape index (κ2) is 8.18. The zero-order valence-electron chi connectivity index (χ0n) is 13.7. The zero-order chi connectivity index (χ0) is 15.9. The normalized spacial score (nSPS) is 22.9. The molecule has 0 aliphatic heterocycles. The number of aliphatic hydroxyl groups is 1. The van der Waals surface area contributed by atoms with Gasteiger partial charge < -0.3 is 15.3 Å². The first-order valence-electron chi connectivity index (χ1n) is 8.31. The van der Waals surface area contributed by atoms with Gasteiger partial charge in [0.15, 0.2) is 0 Å². The monoisotopic (exact) mass is 304 g/mol. The zero-order valence-corrected chi connectivity index (χ0v) is 13.7. The Hall–Kier alpha value is -1.55. The van der Waals surface area contributed by atoms with Gasteiger partial charge >= 0.3 is 6.03 Å². The first-order valence-corrected chi connectivity index (χ1v) is 8.31. The summed E-state index contributed by atoms with van der Waals surface area (Å²) in [6.07, 6.45) is 4.59. The van der Waals surface area contributed by atoms with Gasteiger partial charge in [0.2, 0.25) is 0 Å². The number of amides is 2. The third-order valence-electron chi connectivity index (χ3n) is 4.55. The average Bonchev–Trinajstić information content (AvgIpc) is 2.54. The fraction of sp³-hybridized carbons (Fsp3) is 0.611. The maximum Gasteiger partial charge on any atom is 0.317 e. The molecular weight excluding hydrogens is 276 g/mol. The van der Waals surface area contributed by atoms with Crippen molar-refractivity contribution in [2.75, 3.05) is 13.6 Å². The highest BCUT2D eigenvalue weighted by molar-refractivity contribution is 5.74. The van der Waals surface area contributed by atoms with Crippen LogP contribution in [-0.4, -0.2) is 41.8 Å². The molecule has 1 aromatic carbocycles. The number of aliphatic hydroxyl groups excluding tert-OH is 1. The minimum Gasteiger partial charge on any atom is -0.393 e. The molecule has 0 heterocycles. The van der Waals surface area contributed by atoms with Crippen molar-refractivity contribution in [1.82, 2.24) is 10.2 Å². The van der Waals surface area contributed by atoms with Crippen LogP contribution in [0, 0.1) is 0 Å². The lowest BCUT2D eigenvalue weighted by molar-refractivity contribution is 0.161. The highest BCUT2D eigenvalue weighted by Crippen LogP contribution is 2.32. The Labute approximate surface area is 133 Å². The molecule has 1 aliphatic carbocycles. The highest BCUT2D eigenvalue weighted by atomic mass is 16.3. The van der Waals surface area contributed by atoms with Gasteiger partial charge in [-0.15, -0.1) is 0 Å². The summed E-state index contributed by atoms with van der Waals surface area (Å²) in [5, 5.41) is 12.4. The first kappa shape index (κ1) is 16.8. The predicted molar refractivity (Wildman–Crippen MR) is 88.9 cm³/mol. The van der Waals surface area contributed by atoms with E-state index in [4.69, 9.17) is 0 Å². The second-order valence-electron chi connectivity index (χ2n) is 6.47. The molecule has 122 valence electrons. The molecule has 0 unspecified atom stereocenters. The summed E-state index contributed by atoms with van der Waals surface area (Å²) >= 11 is 0. The Bertz CT molecular complexity index is 453. The SMILES string of the molecule is C[C@H](O)CCN(C)C(=O)NC1CCC(c2ccccc2)CC1. The summed E-state index contributed by atoms with van der Waals surface area (Å²) < 4.78 is 0. The van der Waals surface area contributed by atoms with E-state index in [0.29, 0.717) is 18.9 Å². The van der Waals surface area contributed by atoms with Crippen molar-refractivity contribution in [3.8, 4) is 0 Å². The molecule has 1 aromatic rings. The third kappa shape index (κ3) is 5.02. The van der Waals surface area contributed by atoms with Gasteiger partial charge in [0, 0.05) is 19.6 Å². The molecule has 22 heavy (non-hydrogen) atoms. The Kier molecular flexibility index (Phi) is 6.25. The highest BCUT2D eigenvalue weighted by Gasteiger charge is 2.24. The number of urea groups is 1. The van der Waals surface area contributed by atoms with Crippen LogP contribution < -0.4 is 5.32 Å². The molecule has 1 saturated carbocycles. The predicted octanol–water partition coefficient (Wildman–Crippen LogP) is 3.13. The number of hydrogen-bond acceptors (Lipinski definition) is 2. The Morgan fingerprint density at radius 2 is 1.91 bits per heavy atom. The van der Waals surface area contributed by atoms with E-state index < -0.39 is 0 Å². The summed E-state index contributed by atoms with van der Waals surface area (Å²) in [5.41, 5.74) is 1.42. The van der Waals surface area contributed by atoms with E-state index in [1.807, 2.05) is 0 Å². The molecule has 1 aliphatic rings. The van der Waals surface area contributed by atoms with E-state index in [2.05, 4.69) is 35.6 Å². The minimum absolute atomic E-state index is 0.0242. The van der Waals surface area contributed by atoms with E-state index in [1.165, 1.54) is 5.56 Å². The van der Waals surface area contributed by atoms with Crippen LogP contribution in [0.5, 0.6) is 0 Å². The third-order valence-corrected chi connectivity index (χ3v) is 4.55. The van der Waals surface area contributed by atoms with Crippen molar-refractivity contribution in [3.63, 3.8) is 0 Å². The molecular formula is C18H28N2O2. The van der Waals surface area contributed by atoms with Gasteiger partial charge in [0.25, 0.3) is 0 Å². The summed E-state index contributed by atoms with van der Waals surface area (Å²) in [6.45, 7) is 2.33. The van der Waals surface area contributed by atoms with Crippen LogP contribution in [-0.2, 0) is 0 Å². The van der Waals surface area contributed by atoms with Gasteiger partial charge in [-0.05, 0) is 50.5 Å². The lowest BCUT2D eigenvalue weighted by Crippen LogP contribution is -2.44. The molecule has 0 aromatic heterocycles. The van der Waals surface area contributed by atoms with Crippen LogP contribution in [0.4, 0.5) is 4.79 Å². The van der Waals surface area contributed by atoms with Gasteiger partial charge in [0.05, 0.1) is 6.10 Å². The van der Waals surface area contributed by atoms with Crippen LogP contribution in [0.3, 0.4) is 0 Å². The van der Waals surface area contributed by atoms with E-state index in [0.717, 1.165) is 25.7 Å². The number of carbonyl (C=O) groups is 1. The fourth-order valence-electron chi connectivity index (χ4n) is 3.06. The molecule has 0 radical (unpaired) electrons. The van der Waals surface area contributed by atoms with Crippen molar-refractivity contribution in [3.05, 3.63) is 35.9 Å². The Morgan fingerprint density at radius 1 is 1.27 bits per heavy atom. The summed E-state index contributed by atoms with van der Waals surface area (Å²) in [7, 11) is 1.79. The molecule has 2 amide bonds. The van der Waals surface area contributed by atoms with E-state index in [9.17, 15) is 9.90 Å². The van der Waals surface area contributed by atoms with Crippen molar-refractivity contribution in [2.45, 2.75) is 57.1 Å². The number of carbonyl (C=O) groups excluding carboxylic acids is 1. The van der Waals surface area contributed by atoms with Crippen LogP contribution in [0.15, 0.2) is 30.3 Å². The average molecular weight is 304 g/mol. The molecule has 1 atom stereocenters. The van der Waals surface area contributed by atoms with Crippen molar-refractivity contribution >= 4 is 6.03 Å². The molecule has 0 bridgehead atoms. The van der Waals surface area contributed by atoms with Gasteiger partial charge in [-0.3, -0.25) is 0 Å². The summed E-state index contributed by atoms with van der Waals surface area (Å²) in [4.78, 5) is 13.8. The van der Waals surface area contributed by atoms with Gasteiger partial charge in [-0.2, -0.15) is 0 Å². The van der Waals surface area contributed by atoms with Crippen LogP contribution in [0.2, 0.25) is 0 Å². The lowest BCUT2D eigenvalue weighted by Gasteiger charge is -2.31. The topological polar surface area (TPSA) is 52.6 Å². The second-order valence-corrected chi connectivity index (χ2v) is 6.47. The quantitative estimate of drug-likeness (QED) is 0.878. The lowest BCUT2D eigenvalue weighted by atomic mass is 9.82. The van der Waals surface area contributed by atoms with Gasteiger partial charge in [-0.1, -0.05) is 30.3 Å². The molecule has 4 nitrogen and oxygen atoms in total. The molecule has 2 rings (SSSR count). The number of nitrogens with zero attached hydrogens (tertiary/aromatic N) is 1. The van der Waals surface area contributed by atoms with Gasteiger partial charge in [0.1, 0.15) is 0 Å². The number of benzene rings is 1. The maximum absolute atomic E-state index is 12.1. The molecule has 4 heteroatoms. The minimum atomic E-state index is -0.364. The molecule has 1 fully saturated rings.